The maximum absolute atomic E-state index is 6.22. The minimum absolute atomic E-state index is 0.148. The van der Waals surface area contributed by atoms with Crippen molar-refractivity contribution in [1.82, 2.24) is 0 Å². The second-order valence-electron chi connectivity index (χ2n) is 6.82. The Morgan fingerprint density at radius 3 is 2.15 bits per heavy atom. The van der Waals surface area contributed by atoms with Crippen LogP contribution in [0.1, 0.15) is 57.2 Å². The van der Waals surface area contributed by atoms with E-state index in [-0.39, 0.29) is 30.2 Å². The molecule has 1 aromatic carbocycles. The smallest absolute Gasteiger partial charge is 0.403 e. The Morgan fingerprint density at radius 2 is 1.60 bits per heavy atom. The molecule has 0 radical (unpaired) electrons. The highest BCUT2D eigenvalue weighted by molar-refractivity contribution is 6.47. The van der Waals surface area contributed by atoms with Gasteiger partial charge in [-0.1, -0.05) is 24.3 Å². The van der Waals surface area contributed by atoms with Crippen LogP contribution in [0.15, 0.2) is 24.3 Å². The molecule has 0 N–H and O–H groups in total. The van der Waals surface area contributed by atoms with Crippen LogP contribution >= 0.6 is 0 Å². The lowest BCUT2D eigenvalue weighted by atomic mass is 9.68. The van der Waals surface area contributed by atoms with Crippen molar-refractivity contribution in [2.75, 3.05) is 7.11 Å². The zero-order valence-corrected chi connectivity index (χ0v) is 13.0. The molecule has 0 amide bonds. The third-order valence-electron chi connectivity index (χ3n) is 5.09. The van der Waals surface area contributed by atoms with E-state index in [0.29, 0.717) is 0 Å². The molecule has 1 aliphatic heterocycles. The van der Waals surface area contributed by atoms with Crippen molar-refractivity contribution in [1.29, 1.82) is 0 Å². The van der Waals surface area contributed by atoms with Crippen LogP contribution < -0.4 is 0 Å². The Labute approximate surface area is 121 Å². The summed E-state index contributed by atoms with van der Waals surface area (Å²) in [6, 6.07) is 8.46. The molecule has 1 fully saturated rings. The van der Waals surface area contributed by atoms with E-state index in [1.165, 1.54) is 11.1 Å². The van der Waals surface area contributed by atoms with E-state index in [1.54, 1.807) is 7.11 Å². The first kappa shape index (κ1) is 14.1. The van der Waals surface area contributed by atoms with Gasteiger partial charge in [0.25, 0.3) is 0 Å². The molecule has 4 heteroatoms. The van der Waals surface area contributed by atoms with E-state index >= 15 is 0 Å². The first-order valence-electron chi connectivity index (χ1n) is 7.33. The van der Waals surface area contributed by atoms with E-state index in [1.807, 2.05) is 0 Å². The Morgan fingerprint density at radius 1 is 1.05 bits per heavy atom. The van der Waals surface area contributed by atoms with Gasteiger partial charge in [0.05, 0.1) is 17.3 Å². The molecule has 1 aromatic rings. The molecule has 0 saturated carbocycles. The lowest BCUT2D eigenvalue weighted by Crippen LogP contribution is -2.41. The van der Waals surface area contributed by atoms with Crippen LogP contribution in [0.2, 0.25) is 0 Å². The number of hydrogen-bond donors (Lipinski definition) is 0. The summed E-state index contributed by atoms with van der Waals surface area (Å²) in [5, 5.41) is 0. The summed E-state index contributed by atoms with van der Waals surface area (Å²) >= 11 is 0. The molecule has 3 nitrogen and oxygen atoms in total. The maximum atomic E-state index is 6.22. The summed E-state index contributed by atoms with van der Waals surface area (Å²) in [7, 11) is 1.58. The van der Waals surface area contributed by atoms with Crippen LogP contribution in [0.5, 0.6) is 0 Å². The van der Waals surface area contributed by atoms with Crippen LogP contribution in [-0.4, -0.2) is 25.4 Å². The van der Waals surface area contributed by atoms with Crippen molar-refractivity contribution in [3.63, 3.8) is 0 Å². The molecule has 0 bridgehead atoms. The fourth-order valence-corrected chi connectivity index (χ4v) is 3.16. The summed E-state index contributed by atoms with van der Waals surface area (Å²) in [6.45, 7) is 8.40. The Hall–Kier alpha value is -0.835. The number of ether oxygens (including phenoxy) is 1. The normalized spacial score (nSPS) is 30.6. The highest BCUT2D eigenvalue weighted by Crippen LogP contribution is 2.48. The molecule has 0 unspecified atom stereocenters. The molecule has 2 aliphatic rings. The number of rotatable bonds is 2. The van der Waals surface area contributed by atoms with E-state index in [4.69, 9.17) is 14.0 Å². The van der Waals surface area contributed by atoms with Crippen LogP contribution in [0.4, 0.5) is 0 Å². The van der Waals surface area contributed by atoms with Crippen molar-refractivity contribution in [3.8, 4) is 0 Å². The van der Waals surface area contributed by atoms with Crippen molar-refractivity contribution in [2.24, 2.45) is 0 Å². The van der Waals surface area contributed by atoms with Crippen LogP contribution in [0, 0.1) is 0 Å². The highest BCUT2D eigenvalue weighted by atomic mass is 16.7. The molecule has 108 valence electrons. The average Bonchev–Trinajstić information content (AvgIpc) is 2.85. The number of fused-ring (bicyclic) bond motifs is 1. The Bertz CT molecular complexity index is 496. The van der Waals surface area contributed by atoms with Gasteiger partial charge in [0, 0.05) is 12.9 Å². The molecule has 3 rings (SSSR count). The third-order valence-corrected chi connectivity index (χ3v) is 5.09. The monoisotopic (exact) mass is 274 g/mol. The Balaban J connectivity index is 1.91. The van der Waals surface area contributed by atoms with Crippen molar-refractivity contribution >= 4 is 7.12 Å². The van der Waals surface area contributed by atoms with Gasteiger partial charge in [-0.15, -0.1) is 0 Å². The van der Waals surface area contributed by atoms with Crippen LogP contribution in [0.3, 0.4) is 0 Å². The van der Waals surface area contributed by atoms with Gasteiger partial charge in [-0.3, -0.25) is 0 Å². The van der Waals surface area contributed by atoms with Crippen molar-refractivity contribution in [3.05, 3.63) is 35.4 Å². The fourth-order valence-electron chi connectivity index (χ4n) is 3.16. The summed E-state index contributed by atoms with van der Waals surface area (Å²) in [4.78, 5) is 0. The molecule has 1 aliphatic carbocycles. The molecular formula is C16H23BO3. The van der Waals surface area contributed by atoms with E-state index in [0.717, 1.165) is 6.42 Å². The molecule has 1 saturated heterocycles. The average molecular weight is 274 g/mol. The Kier molecular flexibility index (Phi) is 3.24. The predicted molar refractivity (Wildman–Crippen MR) is 79.6 cm³/mol. The van der Waals surface area contributed by atoms with E-state index in [2.05, 4.69) is 52.0 Å². The fraction of sp³-hybridized carbons (Fsp3) is 0.625. The van der Waals surface area contributed by atoms with Gasteiger partial charge in [-0.2, -0.15) is 0 Å². The summed E-state index contributed by atoms with van der Waals surface area (Å²) in [6.07, 6.45) is 1.07. The van der Waals surface area contributed by atoms with Gasteiger partial charge in [-0.25, -0.2) is 0 Å². The molecule has 0 aromatic heterocycles. The summed E-state index contributed by atoms with van der Waals surface area (Å²) in [5.74, 6) is 0.247. The van der Waals surface area contributed by atoms with Gasteiger partial charge in [0.2, 0.25) is 0 Å². The van der Waals surface area contributed by atoms with E-state index < -0.39 is 0 Å². The van der Waals surface area contributed by atoms with Gasteiger partial charge in [0.1, 0.15) is 0 Å². The maximum Gasteiger partial charge on any atom is 0.465 e. The SMILES string of the molecule is CO[C@H]1C[C@H](B2OC(C)(C)C(C)(C)O2)c2ccccc21. The first-order valence-corrected chi connectivity index (χ1v) is 7.33. The number of methoxy groups -OCH3 is 1. The molecular weight excluding hydrogens is 251 g/mol. The number of benzene rings is 1. The van der Waals surface area contributed by atoms with Gasteiger partial charge < -0.3 is 14.0 Å². The van der Waals surface area contributed by atoms with Crippen LogP contribution in [0.25, 0.3) is 0 Å². The third kappa shape index (κ3) is 2.02. The first-order chi connectivity index (χ1) is 9.36. The van der Waals surface area contributed by atoms with Crippen molar-refractivity contribution < 1.29 is 14.0 Å². The van der Waals surface area contributed by atoms with E-state index in [9.17, 15) is 0 Å². The quantitative estimate of drug-likeness (QED) is 0.772. The molecule has 20 heavy (non-hydrogen) atoms. The van der Waals surface area contributed by atoms with Gasteiger partial charge >= 0.3 is 7.12 Å². The lowest BCUT2D eigenvalue weighted by Gasteiger charge is -2.32. The van der Waals surface area contributed by atoms with Gasteiger partial charge in [0.15, 0.2) is 0 Å². The topological polar surface area (TPSA) is 27.7 Å². The van der Waals surface area contributed by atoms with Crippen molar-refractivity contribution in [2.45, 2.75) is 57.2 Å². The lowest BCUT2D eigenvalue weighted by molar-refractivity contribution is 0.00578. The zero-order valence-electron chi connectivity index (χ0n) is 13.0. The zero-order chi connectivity index (χ0) is 14.5. The minimum atomic E-state index is -0.280. The minimum Gasteiger partial charge on any atom is -0.403 e. The molecule has 2 atom stereocenters. The number of hydrogen-bond acceptors (Lipinski definition) is 3. The highest BCUT2D eigenvalue weighted by Gasteiger charge is 2.55. The van der Waals surface area contributed by atoms with Gasteiger partial charge in [-0.05, 0) is 45.2 Å². The largest absolute Gasteiger partial charge is 0.465 e. The predicted octanol–water partition coefficient (Wildman–Crippen LogP) is 3.49. The second-order valence-corrected chi connectivity index (χ2v) is 6.82. The second kappa shape index (κ2) is 4.59. The molecule has 0 spiro atoms. The standard InChI is InChI=1S/C16H23BO3/c1-15(2)16(3,4)20-17(19-15)13-10-14(18-5)12-9-7-6-8-11(12)13/h6-9,13-14H,10H2,1-5H3/t13-,14-/m0/s1. The van der Waals surface area contributed by atoms with Crippen LogP contribution in [-0.2, 0) is 14.0 Å². The molecule has 1 heterocycles. The summed E-state index contributed by atoms with van der Waals surface area (Å²) < 4.78 is 18.1. The summed E-state index contributed by atoms with van der Waals surface area (Å²) in [5.41, 5.74) is 2.02.